The Hall–Kier alpha value is -0.820. The SMILES string of the molecule is CCCCN(C)C(=NC)NCc1ccccc1CN(C)C(C)C.I. The van der Waals surface area contributed by atoms with Gasteiger partial charge in [-0.2, -0.15) is 0 Å². The van der Waals surface area contributed by atoms with Crippen LogP contribution in [0.3, 0.4) is 0 Å². The maximum atomic E-state index is 4.40. The van der Waals surface area contributed by atoms with Crippen LogP contribution in [-0.4, -0.2) is 49.5 Å². The van der Waals surface area contributed by atoms with E-state index < -0.39 is 0 Å². The van der Waals surface area contributed by atoms with Crippen molar-refractivity contribution in [1.29, 1.82) is 0 Å². The van der Waals surface area contributed by atoms with Gasteiger partial charge in [-0.1, -0.05) is 37.6 Å². The predicted molar refractivity (Wildman–Crippen MR) is 116 cm³/mol. The predicted octanol–water partition coefficient (Wildman–Crippen LogP) is 3.95. The van der Waals surface area contributed by atoms with Crippen molar-refractivity contribution < 1.29 is 0 Å². The van der Waals surface area contributed by atoms with E-state index >= 15 is 0 Å². The standard InChI is InChI=1S/C19H34N4.HI/c1-7-8-13-22(5)19(20-4)21-14-17-11-9-10-12-18(17)15-23(6)16(2)3;/h9-12,16H,7-8,13-15H2,1-6H3,(H,20,21);1H. The molecule has 1 N–H and O–H groups in total. The molecule has 1 aromatic rings. The summed E-state index contributed by atoms with van der Waals surface area (Å²) in [7, 11) is 6.12. The van der Waals surface area contributed by atoms with Crippen molar-refractivity contribution >= 4 is 29.9 Å². The summed E-state index contributed by atoms with van der Waals surface area (Å²) in [6.07, 6.45) is 2.39. The van der Waals surface area contributed by atoms with Gasteiger partial charge in [0.2, 0.25) is 0 Å². The Morgan fingerprint density at radius 2 is 1.79 bits per heavy atom. The van der Waals surface area contributed by atoms with E-state index in [1.54, 1.807) is 0 Å². The molecule has 0 aliphatic carbocycles. The Labute approximate surface area is 165 Å². The van der Waals surface area contributed by atoms with E-state index in [1.807, 2.05) is 7.05 Å². The zero-order valence-corrected chi connectivity index (χ0v) is 18.5. The van der Waals surface area contributed by atoms with Crippen molar-refractivity contribution in [1.82, 2.24) is 15.1 Å². The molecule has 1 aromatic carbocycles. The van der Waals surface area contributed by atoms with Gasteiger partial charge < -0.3 is 10.2 Å². The maximum Gasteiger partial charge on any atom is 0.193 e. The van der Waals surface area contributed by atoms with E-state index in [1.165, 1.54) is 24.0 Å². The third-order valence-electron chi connectivity index (χ3n) is 4.28. The van der Waals surface area contributed by atoms with Gasteiger partial charge in [-0.15, -0.1) is 24.0 Å². The lowest BCUT2D eigenvalue weighted by atomic mass is 10.1. The number of guanidine groups is 1. The lowest BCUT2D eigenvalue weighted by Crippen LogP contribution is -2.39. The summed E-state index contributed by atoms with van der Waals surface area (Å²) < 4.78 is 0. The molecule has 0 aliphatic heterocycles. The van der Waals surface area contributed by atoms with Gasteiger partial charge in [0.15, 0.2) is 5.96 Å². The minimum atomic E-state index is 0. The van der Waals surface area contributed by atoms with E-state index in [9.17, 15) is 0 Å². The van der Waals surface area contributed by atoms with Gasteiger partial charge in [0.25, 0.3) is 0 Å². The topological polar surface area (TPSA) is 30.9 Å². The molecule has 0 radical (unpaired) electrons. The van der Waals surface area contributed by atoms with Crippen LogP contribution in [0.1, 0.15) is 44.7 Å². The molecular formula is C19H35IN4. The van der Waals surface area contributed by atoms with Gasteiger partial charge in [0.05, 0.1) is 0 Å². The third kappa shape index (κ3) is 7.83. The number of rotatable bonds is 8. The molecule has 24 heavy (non-hydrogen) atoms. The second-order valence-corrected chi connectivity index (χ2v) is 6.45. The number of halogens is 1. The van der Waals surface area contributed by atoms with Gasteiger partial charge in [0.1, 0.15) is 0 Å². The van der Waals surface area contributed by atoms with Crippen LogP contribution in [0, 0.1) is 0 Å². The fourth-order valence-corrected chi connectivity index (χ4v) is 2.40. The summed E-state index contributed by atoms with van der Waals surface area (Å²) >= 11 is 0. The van der Waals surface area contributed by atoms with E-state index in [0.29, 0.717) is 6.04 Å². The number of nitrogens with one attached hydrogen (secondary N) is 1. The highest BCUT2D eigenvalue weighted by Gasteiger charge is 2.10. The molecule has 0 fully saturated rings. The molecule has 0 atom stereocenters. The number of nitrogens with zero attached hydrogens (tertiary/aromatic N) is 3. The second-order valence-electron chi connectivity index (χ2n) is 6.45. The van der Waals surface area contributed by atoms with Gasteiger partial charge in [-0.3, -0.25) is 9.89 Å². The highest BCUT2D eigenvalue weighted by atomic mass is 127. The van der Waals surface area contributed by atoms with Gasteiger partial charge in [0, 0.05) is 39.8 Å². The van der Waals surface area contributed by atoms with Crippen LogP contribution in [0.5, 0.6) is 0 Å². The third-order valence-corrected chi connectivity index (χ3v) is 4.28. The Morgan fingerprint density at radius 3 is 2.33 bits per heavy atom. The minimum absolute atomic E-state index is 0. The number of hydrogen-bond donors (Lipinski definition) is 1. The first-order valence-corrected chi connectivity index (χ1v) is 8.68. The number of hydrogen-bond acceptors (Lipinski definition) is 2. The summed E-state index contributed by atoms with van der Waals surface area (Å²) in [6.45, 7) is 9.49. The molecule has 0 saturated heterocycles. The summed E-state index contributed by atoms with van der Waals surface area (Å²) in [5, 5.41) is 3.49. The molecule has 0 spiro atoms. The fourth-order valence-electron chi connectivity index (χ4n) is 2.40. The van der Waals surface area contributed by atoms with Crippen LogP contribution >= 0.6 is 24.0 Å². The van der Waals surface area contributed by atoms with E-state index in [2.05, 4.69) is 79.2 Å². The van der Waals surface area contributed by atoms with Gasteiger partial charge in [-0.25, -0.2) is 0 Å². The average molecular weight is 446 g/mol. The van der Waals surface area contributed by atoms with Crippen LogP contribution in [0.4, 0.5) is 0 Å². The Morgan fingerprint density at radius 1 is 1.17 bits per heavy atom. The normalized spacial score (nSPS) is 11.6. The van der Waals surface area contributed by atoms with E-state index in [4.69, 9.17) is 0 Å². The summed E-state index contributed by atoms with van der Waals surface area (Å²) in [5.41, 5.74) is 2.72. The zero-order valence-electron chi connectivity index (χ0n) is 16.2. The number of aliphatic imine (C=N–C) groups is 1. The minimum Gasteiger partial charge on any atom is -0.352 e. The van der Waals surface area contributed by atoms with Crippen LogP contribution in [0.15, 0.2) is 29.3 Å². The first-order valence-electron chi connectivity index (χ1n) is 8.68. The first-order chi connectivity index (χ1) is 11.0. The molecule has 5 heteroatoms. The van der Waals surface area contributed by atoms with Crippen molar-refractivity contribution in [3.05, 3.63) is 35.4 Å². The van der Waals surface area contributed by atoms with Crippen molar-refractivity contribution in [3.8, 4) is 0 Å². The van der Waals surface area contributed by atoms with Crippen LogP contribution < -0.4 is 5.32 Å². The molecule has 0 heterocycles. The molecule has 0 unspecified atom stereocenters. The number of benzene rings is 1. The molecule has 0 amide bonds. The molecule has 0 aliphatic rings. The molecule has 0 saturated carbocycles. The molecule has 1 rings (SSSR count). The molecule has 0 bridgehead atoms. The lowest BCUT2D eigenvalue weighted by molar-refractivity contribution is 0.265. The van der Waals surface area contributed by atoms with Crippen molar-refractivity contribution in [2.45, 2.75) is 52.7 Å². The molecule has 138 valence electrons. The largest absolute Gasteiger partial charge is 0.352 e. The van der Waals surface area contributed by atoms with E-state index in [-0.39, 0.29) is 24.0 Å². The monoisotopic (exact) mass is 446 g/mol. The summed E-state index contributed by atoms with van der Waals surface area (Å²) in [6, 6.07) is 9.20. The van der Waals surface area contributed by atoms with E-state index in [0.717, 1.165) is 25.6 Å². The Balaban J connectivity index is 0.00000529. The number of unbranched alkanes of at least 4 members (excludes halogenated alkanes) is 1. The molecule has 0 aromatic heterocycles. The highest BCUT2D eigenvalue weighted by Crippen LogP contribution is 2.12. The summed E-state index contributed by atoms with van der Waals surface area (Å²) in [4.78, 5) is 8.96. The smallest absolute Gasteiger partial charge is 0.193 e. The van der Waals surface area contributed by atoms with Gasteiger partial charge >= 0.3 is 0 Å². The van der Waals surface area contributed by atoms with Crippen LogP contribution in [-0.2, 0) is 13.1 Å². The Bertz CT molecular complexity index is 488. The van der Waals surface area contributed by atoms with Crippen LogP contribution in [0.2, 0.25) is 0 Å². The first kappa shape index (κ1) is 23.2. The highest BCUT2D eigenvalue weighted by molar-refractivity contribution is 14.0. The summed E-state index contributed by atoms with van der Waals surface area (Å²) in [5.74, 6) is 0.963. The molecule has 4 nitrogen and oxygen atoms in total. The van der Waals surface area contributed by atoms with Crippen molar-refractivity contribution in [2.75, 3.05) is 27.7 Å². The van der Waals surface area contributed by atoms with Crippen molar-refractivity contribution in [2.24, 2.45) is 4.99 Å². The van der Waals surface area contributed by atoms with Crippen LogP contribution in [0.25, 0.3) is 0 Å². The van der Waals surface area contributed by atoms with Crippen molar-refractivity contribution in [3.63, 3.8) is 0 Å². The average Bonchev–Trinajstić information content (AvgIpc) is 2.54. The Kier molecular flexibility index (Phi) is 12.1. The quantitative estimate of drug-likeness (QED) is 0.373. The fraction of sp³-hybridized carbons (Fsp3) is 0.632. The zero-order chi connectivity index (χ0) is 17.2. The molecular weight excluding hydrogens is 411 g/mol. The lowest BCUT2D eigenvalue weighted by Gasteiger charge is -2.24. The maximum absolute atomic E-state index is 4.40. The second kappa shape index (κ2) is 12.5. The van der Waals surface area contributed by atoms with Gasteiger partial charge in [-0.05, 0) is 38.4 Å².